The molecule has 8 heteroatoms. The van der Waals surface area contributed by atoms with Crippen LogP contribution >= 0.6 is 20.2 Å². The summed E-state index contributed by atoms with van der Waals surface area (Å²) in [6.07, 6.45) is 20.7. The van der Waals surface area contributed by atoms with Gasteiger partial charge in [0.1, 0.15) is 6.10 Å². The minimum Gasteiger partial charge on any atom is -0.458 e. The molecule has 0 bridgehead atoms. The van der Waals surface area contributed by atoms with Crippen molar-refractivity contribution in [2.24, 2.45) is 5.41 Å². The van der Waals surface area contributed by atoms with E-state index in [0.717, 1.165) is 18.6 Å². The summed E-state index contributed by atoms with van der Waals surface area (Å²) in [5.41, 5.74) is -2.29. The van der Waals surface area contributed by atoms with Crippen molar-refractivity contribution in [3.05, 3.63) is 0 Å². The summed E-state index contributed by atoms with van der Waals surface area (Å²) >= 11 is 1.93. The molecule has 4 unspecified atom stereocenters. The number of ether oxygens (including phenoxy) is 2. The van der Waals surface area contributed by atoms with Gasteiger partial charge in [0.15, 0.2) is 0 Å². The van der Waals surface area contributed by atoms with Crippen LogP contribution in [0.5, 0.6) is 0 Å². The van der Waals surface area contributed by atoms with E-state index in [9.17, 15) is 9.36 Å². The van der Waals surface area contributed by atoms with Crippen LogP contribution in [0, 0.1) is 5.41 Å². The molecule has 0 radical (unpaired) electrons. The second-order valence-corrected chi connectivity index (χ2v) is 14.6. The SMILES string of the molecule is CCCCCCCCCCCSC(CCCCCCCC)C(C)OOC(OCCC)([PH+]=O)C(=O)OCC(C)(C)C. The Morgan fingerprint density at radius 3 is 1.80 bits per heavy atom. The van der Waals surface area contributed by atoms with Gasteiger partial charge in [-0.05, 0) is 37.4 Å². The highest BCUT2D eigenvalue weighted by Gasteiger charge is 2.55. The van der Waals surface area contributed by atoms with Crippen molar-refractivity contribution < 1.29 is 28.6 Å². The molecule has 0 aliphatic carbocycles. The van der Waals surface area contributed by atoms with Crippen LogP contribution < -0.4 is 0 Å². The highest BCUT2D eigenvalue weighted by Crippen LogP contribution is 2.33. The van der Waals surface area contributed by atoms with Crippen molar-refractivity contribution in [2.75, 3.05) is 19.0 Å². The zero-order chi connectivity index (χ0) is 30.1. The standard InChI is InChI=1S/C32H63O6PS/c1-8-11-13-15-17-18-19-21-23-26-40-29(24-22-20-16-14-12-9-2)28(4)37-38-32(39-34,36-25-10-3)30(33)35-27-31(5,6)7/h28-29H,8-27H2,1-7H3/p+1. The minimum absolute atomic E-state index is 0.168. The molecular weight excluding hydrogens is 543 g/mol. The molecule has 0 aromatic rings. The molecule has 4 atom stereocenters. The maximum atomic E-state index is 12.9. The average Bonchev–Trinajstić information content (AvgIpc) is 2.93. The topological polar surface area (TPSA) is 71.1 Å². The monoisotopic (exact) mass is 607 g/mol. The van der Waals surface area contributed by atoms with Crippen molar-refractivity contribution in [1.29, 1.82) is 0 Å². The maximum Gasteiger partial charge on any atom is 0.497 e. The number of unbranched alkanes of at least 4 members (excludes halogenated alkanes) is 13. The molecule has 0 saturated heterocycles. The van der Waals surface area contributed by atoms with E-state index < -0.39 is 20.0 Å². The first-order valence-corrected chi connectivity index (χ1v) is 18.3. The molecule has 0 amide bonds. The van der Waals surface area contributed by atoms with Crippen molar-refractivity contribution in [3.63, 3.8) is 0 Å². The van der Waals surface area contributed by atoms with Crippen molar-refractivity contribution in [1.82, 2.24) is 0 Å². The largest absolute Gasteiger partial charge is 0.497 e. The first-order chi connectivity index (χ1) is 19.2. The Morgan fingerprint density at radius 1 is 0.775 bits per heavy atom. The van der Waals surface area contributed by atoms with E-state index >= 15 is 0 Å². The van der Waals surface area contributed by atoms with E-state index in [1.165, 1.54) is 89.9 Å². The summed E-state index contributed by atoms with van der Waals surface area (Å²) in [5.74, 6) is 0.282. The van der Waals surface area contributed by atoms with Gasteiger partial charge in [0.2, 0.25) is 0 Å². The maximum absolute atomic E-state index is 12.9. The lowest BCUT2D eigenvalue weighted by Gasteiger charge is -2.26. The van der Waals surface area contributed by atoms with E-state index in [2.05, 4.69) is 13.8 Å². The number of carbonyl (C=O) groups excluding carboxylic acids is 1. The van der Waals surface area contributed by atoms with Crippen LogP contribution in [-0.4, -0.2) is 41.8 Å². The Bertz CT molecular complexity index is 615. The predicted octanol–water partition coefficient (Wildman–Crippen LogP) is 10.4. The van der Waals surface area contributed by atoms with Crippen molar-refractivity contribution >= 4 is 26.2 Å². The predicted molar refractivity (Wildman–Crippen MR) is 171 cm³/mol. The Labute approximate surface area is 253 Å². The lowest BCUT2D eigenvalue weighted by Crippen LogP contribution is -2.43. The second kappa shape index (κ2) is 25.3. The summed E-state index contributed by atoms with van der Waals surface area (Å²) < 4.78 is 23.4. The molecule has 0 aromatic carbocycles. The van der Waals surface area contributed by atoms with Crippen LogP contribution in [0.4, 0.5) is 0 Å². The van der Waals surface area contributed by atoms with E-state index in [1.54, 1.807) is 0 Å². The molecule has 0 heterocycles. The molecule has 0 aromatic heterocycles. The Balaban J connectivity index is 4.97. The quantitative estimate of drug-likeness (QED) is 0.0219. The zero-order valence-electron chi connectivity index (χ0n) is 27.2. The lowest BCUT2D eigenvalue weighted by atomic mass is 9.99. The molecule has 0 N–H and O–H groups in total. The lowest BCUT2D eigenvalue weighted by molar-refractivity contribution is -0.403. The van der Waals surface area contributed by atoms with Gasteiger partial charge in [0.05, 0.1) is 13.2 Å². The fourth-order valence-corrected chi connectivity index (χ4v) is 5.98. The molecule has 0 spiro atoms. The van der Waals surface area contributed by atoms with Gasteiger partial charge >= 0.3 is 20.0 Å². The molecular formula is C32H64O6PS+. The van der Waals surface area contributed by atoms with Crippen molar-refractivity contribution in [3.8, 4) is 0 Å². The highest BCUT2D eigenvalue weighted by molar-refractivity contribution is 7.99. The van der Waals surface area contributed by atoms with Gasteiger partial charge in [0, 0.05) is 5.25 Å². The van der Waals surface area contributed by atoms with Crippen LogP contribution in [-0.2, 0) is 28.6 Å². The summed E-state index contributed by atoms with van der Waals surface area (Å²) in [7, 11) is -1.20. The van der Waals surface area contributed by atoms with Gasteiger partial charge in [-0.1, -0.05) is 136 Å². The van der Waals surface area contributed by atoms with E-state index in [4.69, 9.17) is 19.2 Å². The van der Waals surface area contributed by atoms with Crippen LogP contribution in [0.15, 0.2) is 0 Å². The smallest absolute Gasteiger partial charge is 0.458 e. The minimum atomic E-state index is -2.05. The molecule has 6 nitrogen and oxygen atoms in total. The highest BCUT2D eigenvalue weighted by atomic mass is 32.2. The first-order valence-electron chi connectivity index (χ1n) is 16.3. The van der Waals surface area contributed by atoms with E-state index in [1.807, 2.05) is 46.4 Å². The Morgan fingerprint density at radius 2 is 1.30 bits per heavy atom. The summed E-state index contributed by atoms with van der Waals surface area (Å²) in [6, 6.07) is 0. The van der Waals surface area contributed by atoms with Gasteiger partial charge < -0.3 is 4.74 Å². The van der Waals surface area contributed by atoms with Gasteiger partial charge in [-0.15, -0.1) is 4.89 Å². The average molecular weight is 608 g/mol. The van der Waals surface area contributed by atoms with Crippen molar-refractivity contribution in [2.45, 2.75) is 175 Å². The summed E-state index contributed by atoms with van der Waals surface area (Å²) in [5, 5.41) is 0.227. The molecule has 0 aliphatic rings. The normalized spacial score (nSPS) is 15.2. The van der Waals surface area contributed by atoms with Crippen LogP contribution in [0.1, 0.15) is 158 Å². The Hall–Kier alpha value is -0.200. The summed E-state index contributed by atoms with van der Waals surface area (Å²) in [4.78, 5) is 24.4. The van der Waals surface area contributed by atoms with Gasteiger partial charge in [-0.25, -0.2) is 9.68 Å². The molecule has 0 saturated carbocycles. The zero-order valence-corrected chi connectivity index (χ0v) is 29.0. The number of rotatable bonds is 28. The fourth-order valence-electron chi connectivity index (χ4n) is 4.26. The number of thioether (sulfide) groups is 1. The number of hydrogen-bond donors (Lipinski definition) is 0. The van der Waals surface area contributed by atoms with Crippen LogP contribution in [0.2, 0.25) is 0 Å². The molecule has 0 fully saturated rings. The molecule has 238 valence electrons. The first kappa shape index (κ1) is 39.8. The third kappa shape index (κ3) is 20.6. The third-order valence-corrected chi connectivity index (χ3v) is 9.08. The Kier molecular flexibility index (Phi) is 25.2. The summed E-state index contributed by atoms with van der Waals surface area (Å²) in [6.45, 7) is 14.7. The second-order valence-electron chi connectivity index (χ2n) is 12.4. The van der Waals surface area contributed by atoms with Gasteiger partial charge in [-0.2, -0.15) is 11.8 Å². The van der Waals surface area contributed by atoms with Crippen LogP contribution in [0.25, 0.3) is 0 Å². The van der Waals surface area contributed by atoms with Gasteiger partial charge in [-0.3, -0.25) is 4.74 Å². The fraction of sp³-hybridized carbons (Fsp3) is 0.969. The molecule has 0 rings (SSSR count). The third-order valence-electron chi connectivity index (χ3n) is 6.81. The molecule has 0 aliphatic heterocycles. The van der Waals surface area contributed by atoms with E-state index in [-0.39, 0.29) is 30.0 Å². The van der Waals surface area contributed by atoms with Gasteiger partial charge in [0.25, 0.3) is 0 Å². The van der Waals surface area contributed by atoms with Crippen LogP contribution in [0.3, 0.4) is 0 Å². The molecule has 40 heavy (non-hydrogen) atoms. The number of carbonyl (C=O) groups is 1. The number of hydrogen-bond acceptors (Lipinski definition) is 7. The van der Waals surface area contributed by atoms with E-state index in [0.29, 0.717) is 6.42 Å². The number of esters is 1.